The van der Waals surface area contributed by atoms with Crippen molar-refractivity contribution in [2.45, 2.75) is 25.7 Å². The van der Waals surface area contributed by atoms with Gasteiger partial charge in [0.1, 0.15) is 0 Å². The Bertz CT molecular complexity index is 411. The van der Waals surface area contributed by atoms with E-state index in [4.69, 9.17) is 4.74 Å². The van der Waals surface area contributed by atoms with Gasteiger partial charge < -0.3 is 9.64 Å². The van der Waals surface area contributed by atoms with Crippen LogP contribution in [0.15, 0.2) is 18.6 Å². The summed E-state index contributed by atoms with van der Waals surface area (Å²) >= 11 is 0. The number of aromatic nitrogens is 2. The highest BCUT2D eigenvalue weighted by Gasteiger charge is 2.39. The fourth-order valence-corrected chi connectivity index (χ4v) is 4.04. The topological polar surface area (TPSA) is 38.2 Å². The van der Waals surface area contributed by atoms with Crippen molar-refractivity contribution in [1.82, 2.24) is 14.9 Å². The predicted octanol–water partition coefficient (Wildman–Crippen LogP) is 2.01. The number of rotatable bonds is 5. The Morgan fingerprint density at radius 3 is 3.05 bits per heavy atom. The lowest BCUT2D eigenvalue weighted by Gasteiger charge is -2.32. The van der Waals surface area contributed by atoms with Gasteiger partial charge in [-0.1, -0.05) is 6.42 Å². The minimum Gasteiger partial charge on any atom is -0.383 e. The Morgan fingerprint density at radius 1 is 1.30 bits per heavy atom. The molecule has 0 N–H and O–H groups in total. The molecule has 0 aromatic carbocycles. The van der Waals surface area contributed by atoms with E-state index in [1.807, 2.05) is 12.4 Å². The van der Waals surface area contributed by atoms with Crippen LogP contribution in [0.5, 0.6) is 0 Å². The van der Waals surface area contributed by atoms with Gasteiger partial charge in [-0.05, 0) is 37.0 Å². The van der Waals surface area contributed by atoms with E-state index in [-0.39, 0.29) is 0 Å². The second-order valence-corrected chi connectivity index (χ2v) is 6.27. The largest absolute Gasteiger partial charge is 0.383 e. The summed E-state index contributed by atoms with van der Waals surface area (Å²) in [7, 11) is 1.79. The molecule has 2 heterocycles. The summed E-state index contributed by atoms with van der Waals surface area (Å²) in [6, 6.07) is 0. The van der Waals surface area contributed by atoms with E-state index in [1.54, 1.807) is 13.3 Å². The Balaban J connectivity index is 1.61. The van der Waals surface area contributed by atoms with Crippen LogP contribution in [-0.2, 0) is 11.2 Å². The molecule has 0 bridgehead atoms. The van der Waals surface area contributed by atoms with E-state index in [2.05, 4.69) is 14.9 Å². The van der Waals surface area contributed by atoms with Gasteiger partial charge in [-0.25, -0.2) is 0 Å². The molecule has 110 valence electrons. The van der Waals surface area contributed by atoms with Crippen LogP contribution in [0, 0.1) is 17.8 Å². The molecule has 20 heavy (non-hydrogen) atoms. The molecule has 1 aromatic heterocycles. The molecule has 4 heteroatoms. The molecule has 0 spiro atoms. The fourth-order valence-electron chi connectivity index (χ4n) is 4.04. The second-order valence-electron chi connectivity index (χ2n) is 6.27. The summed E-state index contributed by atoms with van der Waals surface area (Å²) < 4.78 is 5.22. The molecule has 0 unspecified atom stereocenters. The Morgan fingerprint density at radius 2 is 2.25 bits per heavy atom. The van der Waals surface area contributed by atoms with Gasteiger partial charge in [-0.2, -0.15) is 0 Å². The number of methoxy groups -OCH3 is 1. The molecule has 3 rings (SSSR count). The molecule has 1 saturated carbocycles. The number of hydrogen-bond acceptors (Lipinski definition) is 4. The maximum Gasteiger partial charge on any atom is 0.0589 e. The van der Waals surface area contributed by atoms with Crippen molar-refractivity contribution in [3.8, 4) is 0 Å². The molecule has 3 atom stereocenters. The Kier molecular flexibility index (Phi) is 4.63. The van der Waals surface area contributed by atoms with Crippen molar-refractivity contribution >= 4 is 0 Å². The Hall–Kier alpha value is -1.00. The van der Waals surface area contributed by atoms with Crippen molar-refractivity contribution in [3.63, 3.8) is 0 Å². The van der Waals surface area contributed by atoms with Gasteiger partial charge in [0.2, 0.25) is 0 Å². The molecule has 1 aliphatic carbocycles. The van der Waals surface area contributed by atoms with Crippen molar-refractivity contribution < 1.29 is 4.74 Å². The lowest BCUT2D eigenvalue weighted by molar-refractivity contribution is 0.156. The maximum atomic E-state index is 5.22. The van der Waals surface area contributed by atoms with Gasteiger partial charge in [-0.15, -0.1) is 0 Å². The average Bonchev–Trinajstić information content (AvgIpc) is 2.90. The van der Waals surface area contributed by atoms with E-state index >= 15 is 0 Å². The smallest absolute Gasteiger partial charge is 0.0589 e. The first-order chi connectivity index (χ1) is 9.86. The predicted molar refractivity (Wildman–Crippen MR) is 78.4 cm³/mol. The SMILES string of the molecule is COCCN1C[C@H]2CCC[C@H](Cc3cnccn3)[C@H]2C1. The molecule has 1 saturated heterocycles. The van der Waals surface area contributed by atoms with Crippen LogP contribution in [-0.4, -0.2) is 48.2 Å². The molecular weight excluding hydrogens is 250 g/mol. The normalized spacial score (nSPS) is 30.4. The van der Waals surface area contributed by atoms with Crippen LogP contribution in [0.25, 0.3) is 0 Å². The Labute approximate surface area is 121 Å². The van der Waals surface area contributed by atoms with Crippen LogP contribution in [0.4, 0.5) is 0 Å². The summed E-state index contributed by atoms with van der Waals surface area (Å²) in [5.74, 6) is 2.53. The summed E-state index contributed by atoms with van der Waals surface area (Å²) in [5.41, 5.74) is 1.16. The first kappa shape index (κ1) is 14.0. The third kappa shape index (κ3) is 3.18. The monoisotopic (exact) mass is 275 g/mol. The number of likely N-dealkylation sites (tertiary alicyclic amines) is 1. The zero-order chi connectivity index (χ0) is 13.8. The van der Waals surface area contributed by atoms with Crippen molar-refractivity contribution in [2.75, 3.05) is 33.4 Å². The standard InChI is InChI=1S/C16H25N3O/c1-20-8-7-19-11-14-4-2-3-13(16(14)12-19)9-15-10-17-5-6-18-15/h5-6,10,13-14,16H,2-4,7-9,11-12H2,1H3/t13-,14-,16-/m1/s1. The zero-order valence-electron chi connectivity index (χ0n) is 12.4. The van der Waals surface area contributed by atoms with Gasteiger partial charge in [0.25, 0.3) is 0 Å². The van der Waals surface area contributed by atoms with Crippen LogP contribution in [0.3, 0.4) is 0 Å². The van der Waals surface area contributed by atoms with Crippen LogP contribution < -0.4 is 0 Å². The highest BCUT2D eigenvalue weighted by Crippen LogP contribution is 2.41. The summed E-state index contributed by atoms with van der Waals surface area (Å²) in [6.07, 6.45) is 10.8. The third-order valence-corrected chi connectivity index (χ3v) is 5.02. The molecular formula is C16H25N3O. The molecule has 1 aromatic rings. The maximum absolute atomic E-state index is 5.22. The van der Waals surface area contributed by atoms with Crippen molar-refractivity contribution in [3.05, 3.63) is 24.3 Å². The van der Waals surface area contributed by atoms with Crippen LogP contribution in [0.1, 0.15) is 25.0 Å². The minimum atomic E-state index is 0.790. The van der Waals surface area contributed by atoms with Crippen LogP contribution in [0.2, 0.25) is 0 Å². The van der Waals surface area contributed by atoms with Gasteiger partial charge in [0.15, 0.2) is 0 Å². The van der Waals surface area contributed by atoms with Gasteiger partial charge in [-0.3, -0.25) is 9.97 Å². The van der Waals surface area contributed by atoms with E-state index in [0.717, 1.165) is 43.0 Å². The van der Waals surface area contributed by atoms with E-state index in [0.29, 0.717) is 0 Å². The summed E-state index contributed by atoms with van der Waals surface area (Å²) in [4.78, 5) is 11.3. The second kappa shape index (κ2) is 6.64. The summed E-state index contributed by atoms with van der Waals surface area (Å²) in [6.45, 7) is 4.46. The highest BCUT2D eigenvalue weighted by atomic mass is 16.5. The molecule has 4 nitrogen and oxygen atoms in total. The lowest BCUT2D eigenvalue weighted by atomic mass is 9.72. The van der Waals surface area contributed by atoms with Crippen molar-refractivity contribution in [2.24, 2.45) is 17.8 Å². The number of ether oxygens (including phenoxy) is 1. The average molecular weight is 275 g/mol. The first-order valence-electron chi connectivity index (χ1n) is 7.83. The molecule has 1 aliphatic heterocycles. The number of fused-ring (bicyclic) bond motifs is 1. The van der Waals surface area contributed by atoms with E-state index in [9.17, 15) is 0 Å². The quantitative estimate of drug-likeness (QED) is 0.824. The summed E-state index contributed by atoms with van der Waals surface area (Å²) in [5, 5.41) is 0. The molecule has 2 aliphatic rings. The van der Waals surface area contributed by atoms with Gasteiger partial charge in [0.05, 0.1) is 12.3 Å². The molecule has 2 fully saturated rings. The van der Waals surface area contributed by atoms with Crippen LogP contribution >= 0.6 is 0 Å². The van der Waals surface area contributed by atoms with Crippen molar-refractivity contribution in [1.29, 1.82) is 0 Å². The number of nitrogens with zero attached hydrogens (tertiary/aromatic N) is 3. The number of hydrogen-bond donors (Lipinski definition) is 0. The van der Waals surface area contributed by atoms with E-state index < -0.39 is 0 Å². The fraction of sp³-hybridized carbons (Fsp3) is 0.750. The lowest BCUT2D eigenvalue weighted by Crippen LogP contribution is -2.29. The molecule has 0 radical (unpaired) electrons. The first-order valence-corrected chi connectivity index (χ1v) is 7.83. The zero-order valence-corrected chi connectivity index (χ0v) is 12.4. The highest BCUT2D eigenvalue weighted by molar-refractivity contribution is 5.00. The minimum absolute atomic E-state index is 0.790. The molecule has 0 amide bonds. The van der Waals surface area contributed by atoms with E-state index in [1.165, 1.54) is 32.4 Å². The van der Waals surface area contributed by atoms with Gasteiger partial charge >= 0.3 is 0 Å². The van der Waals surface area contributed by atoms with Gasteiger partial charge in [0, 0.05) is 45.3 Å². The third-order valence-electron chi connectivity index (χ3n) is 5.02.